The van der Waals surface area contributed by atoms with Crippen molar-refractivity contribution in [2.75, 3.05) is 43.4 Å². The fraction of sp³-hybridized carbons (Fsp3) is 0.250. The van der Waals surface area contributed by atoms with Gasteiger partial charge in [0.05, 0.1) is 0 Å². The van der Waals surface area contributed by atoms with E-state index in [1.165, 1.54) is 17.4 Å². The van der Waals surface area contributed by atoms with Crippen molar-refractivity contribution in [3.8, 4) is 5.75 Å². The highest BCUT2D eigenvalue weighted by atomic mass is 32.1. The summed E-state index contributed by atoms with van der Waals surface area (Å²) in [6.45, 7) is 3.91. The first-order valence-corrected chi connectivity index (χ1v) is 13.2. The topological polar surface area (TPSA) is 97.8 Å². The lowest BCUT2D eigenvalue weighted by molar-refractivity contribution is -0.121. The molecule has 3 N–H and O–H groups in total. The number of fused-ring (bicyclic) bond motifs is 1. The number of thiazole rings is 1. The van der Waals surface area contributed by atoms with Gasteiger partial charge in [-0.25, -0.2) is 9.37 Å². The summed E-state index contributed by atoms with van der Waals surface area (Å²) in [5, 5.41) is 20.5. The number of nitrogens with one attached hydrogen (secondary N) is 2. The Morgan fingerprint density at radius 2 is 2.05 bits per heavy atom. The van der Waals surface area contributed by atoms with Crippen molar-refractivity contribution in [2.24, 2.45) is 0 Å². The number of piperazine rings is 1. The third kappa shape index (κ3) is 5.38. The molecule has 0 spiro atoms. The normalized spacial score (nSPS) is 14.6. The van der Waals surface area contributed by atoms with Crippen molar-refractivity contribution >= 4 is 45.1 Å². The van der Waals surface area contributed by atoms with E-state index in [1.807, 2.05) is 24.3 Å². The third-order valence-electron chi connectivity index (χ3n) is 6.79. The molecule has 4 aromatic rings. The maximum atomic E-state index is 14.2. The van der Waals surface area contributed by atoms with Crippen LogP contribution in [0.2, 0.25) is 0 Å². The van der Waals surface area contributed by atoms with Gasteiger partial charge in [-0.3, -0.25) is 14.5 Å². The zero-order valence-electron chi connectivity index (χ0n) is 20.9. The van der Waals surface area contributed by atoms with Crippen molar-refractivity contribution in [3.63, 3.8) is 0 Å². The highest BCUT2D eigenvalue weighted by Crippen LogP contribution is 2.33. The van der Waals surface area contributed by atoms with Crippen molar-refractivity contribution < 1.29 is 19.1 Å². The molecule has 3 aromatic carbocycles. The number of nitrogens with zero attached hydrogens (tertiary/aromatic N) is 3. The highest BCUT2D eigenvalue weighted by Gasteiger charge is 2.29. The van der Waals surface area contributed by atoms with Crippen LogP contribution in [0.5, 0.6) is 5.75 Å². The van der Waals surface area contributed by atoms with Crippen LogP contribution in [0.1, 0.15) is 27.5 Å². The van der Waals surface area contributed by atoms with Gasteiger partial charge in [0, 0.05) is 61.1 Å². The maximum Gasteiger partial charge on any atom is 0.248 e. The summed E-state index contributed by atoms with van der Waals surface area (Å²) in [7, 11) is 1.70. The van der Waals surface area contributed by atoms with E-state index < -0.39 is 17.8 Å². The monoisotopic (exact) mass is 533 g/mol. The molecule has 5 rings (SSSR count). The van der Waals surface area contributed by atoms with Gasteiger partial charge in [0.25, 0.3) is 0 Å². The van der Waals surface area contributed by atoms with Gasteiger partial charge in [-0.15, -0.1) is 11.3 Å². The maximum absolute atomic E-state index is 14.2. The molecule has 1 amide bonds. The molecule has 10 heteroatoms. The lowest BCUT2D eigenvalue weighted by Gasteiger charge is -2.30. The summed E-state index contributed by atoms with van der Waals surface area (Å²) < 4.78 is 14.2. The Hall–Kier alpha value is -3.86. The lowest BCUT2D eigenvalue weighted by Crippen LogP contribution is -2.43. The predicted octanol–water partition coefficient (Wildman–Crippen LogP) is 4.17. The second kappa shape index (κ2) is 11.3. The predicted molar refractivity (Wildman–Crippen MR) is 147 cm³/mol. The molecule has 1 aliphatic rings. The van der Waals surface area contributed by atoms with Gasteiger partial charge >= 0.3 is 0 Å². The number of aromatic hydroxyl groups is 1. The van der Waals surface area contributed by atoms with Gasteiger partial charge in [-0.2, -0.15) is 0 Å². The second-order valence-electron chi connectivity index (χ2n) is 9.25. The lowest BCUT2D eigenvalue weighted by atomic mass is 9.97. The van der Waals surface area contributed by atoms with Crippen molar-refractivity contribution in [2.45, 2.75) is 12.6 Å². The fourth-order valence-corrected chi connectivity index (χ4v) is 5.46. The van der Waals surface area contributed by atoms with E-state index in [-0.39, 0.29) is 17.9 Å². The van der Waals surface area contributed by atoms with Gasteiger partial charge in [0.1, 0.15) is 17.6 Å². The number of rotatable bonds is 8. The van der Waals surface area contributed by atoms with Gasteiger partial charge in [0.15, 0.2) is 11.4 Å². The van der Waals surface area contributed by atoms with E-state index in [4.69, 9.17) is 0 Å². The molecule has 0 saturated carbocycles. The van der Waals surface area contributed by atoms with E-state index in [0.29, 0.717) is 16.3 Å². The highest BCUT2D eigenvalue weighted by molar-refractivity contribution is 7.13. The number of benzene rings is 3. The molecule has 2 heterocycles. The Bertz CT molecular complexity index is 1460. The minimum atomic E-state index is -1.04. The number of phenolic OH excluding ortho intramolecular Hbond substituents is 1. The quantitative estimate of drug-likeness (QED) is 0.293. The molecule has 1 fully saturated rings. The van der Waals surface area contributed by atoms with Gasteiger partial charge in [-0.1, -0.05) is 18.2 Å². The first kappa shape index (κ1) is 25.8. The molecular formula is C28H28FN5O3S. The first-order chi connectivity index (χ1) is 18.4. The summed E-state index contributed by atoms with van der Waals surface area (Å²) in [6.07, 6.45) is 2.40. The van der Waals surface area contributed by atoms with Gasteiger partial charge in [0.2, 0.25) is 5.91 Å². The van der Waals surface area contributed by atoms with E-state index >= 15 is 0 Å². The number of hydrogen-bond acceptors (Lipinski definition) is 8. The van der Waals surface area contributed by atoms with Crippen LogP contribution in [0.15, 0.2) is 60.1 Å². The second-order valence-corrected chi connectivity index (χ2v) is 10.1. The Kier molecular flexibility index (Phi) is 7.64. The molecule has 38 heavy (non-hydrogen) atoms. The summed E-state index contributed by atoms with van der Waals surface area (Å²) in [5.74, 6) is -1.25. The standard InChI is InChI=1S/C28H28FN5O3S/c1-33(26(23-15-20(29)4-7-25(23)36)27(37)32-28-31-10-13-38-28)16-19-3-2-18-14-21(34-11-8-30-9-12-34)5-6-22(18)24(19)17-35/h2-7,10,13-15,17,26,30,36H,8-9,11-12,16H2,1H3,(H,31,32,37). The van der Waals surface area contributed by atoms with E-state index in [9.17, 15) is 19.1 Å². The SMILES string of the molecule is CN(Cc1ccc2cc(N3CCNCC3)ccc2c1C=O)C(C(=O)Nc1nccs1)c1cc(F)ccc1O. The Balaban J connectivity index is 1.47. The largest absolute Gasteiger partial charge is 0.508 e. The number of amides is 1. The van der Waals surface area contributed by atoms with Crippen molar-refractivity contribution in [1.29, 1.82) is 0 Å². The van der Waals surface area contributed by atoms with E-state index in [1.54, 1.807) is 23.5 Å². The number of aromatic nitrogens is 1. The first-order valence-electron chi connectivity index (χ1n) is 12.3. The van der Waals surface area contributed by atoms with Crippen molar-refractivity contribution in [1.82, 2.24) is 15.2 Å². The molecule has 196 valence electrons. The fourth-order valence-electron chi connectivity index (χ4n) is 4.93. The number of halogens is 1. The van der Waals surface area contributed by atoms with Crippen LogP contribution in [0.25, 0.3) is 10.8 Å². The molecule has 8 nitrogen and oxygen atoms in total. The average molecular weight is 534 g/mol. The number of hydrogen-bond donors (Lipinski definition) is 3. The molecule has 1 aliphatic heterocycles. The van der Waals surface area contributed by atoms with E-state index in [2.05, 4.69) is 26.6 Å². The molecule has 1 saturated heterocycles. The zero-order chi connectivity index (χ0) is 26.6. The van der Waals surface area contributed by atoms with Crippen molar-refractivity contribution in [3.05, 3.63) is 82.6 Å². The minimum absolute atomic E-state index is 0.121. The number of carbonyl (C=O) groups is 2. The van der Waals surface area contributed by atoms with Gasteiger partial charge < -0.3 is 20.6 Å². The summed E-state index contributed by atoms with van der Waals surface area (Å²) >= 11 is 1.25. The van der Waals surface area contributed by atoms with Crippen LogP contribution in [-0.4, -0.2) is 60.4 Å². The Morgan fingerprint density at radius 1 is 1.24 bits per heavy atom. The Morgan fingerprint density at radius 3 is 2.79 bits per heavy atom. The summed E-state index contributed by atoms with van der Waals surface area (Å²) in [5.41, 5.74) is 2.48. The van der Waals surface area contributed by atoms with Crippen LogP contribution in [0, 0.1) is 5.82 Å². The number of aldehydes is 1. The number of carbonyl (C=O) groups excluding carboxylic acids is 2. The summed E-state index contributed by atoms with van der Waals surface area (Å²) in [6, 6.07) is 12.4. The van der Waals surface area contributed by atoms with Crippen LogP contribution in [-0.2, 0) is 11.3 Å². The molecule has 0 aliphatic carbocycles. The van der Waals surface area contributed by atoms with E-state index in [0.717, 1.165) is 61.1 Å². The average Bonchev–Trinajstić information content (AvgIpc) is 3.44. The molecule has 0 bridgehead atoms. The number of anilines is 2. The summed E-state index contributed by atoms with van der Waals surface area (Å²) in [4.78, 5) is 33.7. The Labute approximate surface area is 223 Å². The van der Waals surface area contributed by atoms with Gasteiger partial charge in [-0.05, 0) is 53.7 Å². The third-order valence-corrected chi connectivity index (χ3v) is 7.48. The zero-order valence-corrected chi connectivity index (χ0v) is 21.7. The minimum Gasteiger partial charge on any atom is -0.508 e. The molecule has 1 aromatic heterocycles. The van der Waals surface area contributed by atoms with Crippen LogP contribution in [0.4, 0.5) is 15.2 Å². The molecule has 0 radical (unpaired) electrons. The smallest absolute Gasteiger partial charge is 0.248 e. The van der Waals surface area contributed by atoms with Crippen LogP contribution >= 0.6 is 11.3 Å². The molecule has 1 unspecified atom stereocenters. The van der Waals surface area contributed by atoms with Crippen LogP contribution in [0.3, 0.4) is 0 Å². The van der Waals surface area contributed by atoms with Crippen LogP contribution < -0.4 is 15.5 Å². The number of likely N-dealkylation sites (N-methyl/N-ethyl adjacent to an activating group) is 1. The molecular weight excluding hydrogens is 505 g/mol. The number of phenols is 1. The molecule has 1 atom stereocenters.